The highest BCUT2D eigenvalue weighted by molar-refractivity contribution is 5.99. The Labute approximate surface area is 187 Å². The minimum atomic E-state index is -1.14. The van der Waals surface area contributed by atoms with Crippen molar-refractivity contribution in [3.63, 3.8) is 0 Å². The molecule has 0 saturated heterocycles. The van der Waals surface area contributed by atoms with Gasteiger partial charge in [-0.05, 0) is 48.9 Å². The number of carbonyl (C=O) groups is 1. The lowest BCUT2D eigenvalue weighted by atomic mass is 10.1. The topological polar surface area (TPSA) is 134 Å². The largest absolute Gasteiger partial charge is 0.394 e. The Bertz CT molecular complexity index is 1300. The molecule has 4 rings (SSSR count). The smallest absolute Gasteiger partial charge is 0.276 e. The number of pyridine rings is 1. The van der Waals surface area contributed by atoms with Gasteiger partial charge in [0.1, 0.15) is 29.9 Å². The number of aliphatic hydroxyl groups excluding tert-OH is 2. The highest BCUT2D eigenvalue weighted by Crippen LogP contribution is 2.25. The van der Waals surface area contributed by atoms with E-state index in [1.54, 1.807) is 10.9 Å². The maximum absolute atomic E-state index is 13.9. The van der Waals surface area contributed by atoms with Crippen molar-refractivity contribution in [1.82, 2.24) is 25.5 Å². The second-order valence-electron chi connectivity index (χ2n) is 7.24. The molecule has 0 bridgehead atoms. The molecular weight excluding hydrogens is 431 g/mol. The Morgan fingerprint density at radius 3 is 2.85 bits per heavy atom. The third kappa shape index (κ3) is 4.95. The average molecular weight is 452 g/mol. The summed E-state index contributed by atoms with van der Waals surface area (Å²) >= 11 is 0. The molecule has 0 radical (unpaired) electrons. The molecular formula is C22H21FN6O4. The lowest BCUT2D eigenvalue weighted by molar-refractivity contribution is -0.0295. The Hall–Kier alpha value is -3.93. The van der Waals surface area contributed by atoms with Gasteiger partial charge in [0.05, 0.1) is 35.3 Å². The molecule has 1 atom stereocenters. The van der Waals surface area contributed by atoms with E-state index in [9.17, 15) is 14.3 Å². The van der Waals surface area contributed by atoms with Gasteiger partial charge in [-0.2, -0.15) is 0 Å². The minimum absolute atomic E-state index is 0.0995. The van der Waals surface area contributed by atoms with Gasteiger partial charge in [-0.1, -0.05) is 17.3 Å². The lowest BCUT2D eigenvalue weighted by Crippen LogP contribution is -2.30. The number of benzene rings is 2. The number of nitrogens with one attached hydrogen (secondary N) is 2. The van der Waals surface area contributed by atoms with E-state index < -0.39 is 24.4 Å². The van der Waals surface area contributed by atoms with Crippen molar-refractivity contribution in [3.05, 3.63) is 71.7 Å². The van der Waals surface area contributed by atoms with E-state index in [1.165, 1.54) is 6.07 Å². The first-order valence-electron chi connectivity index (χ1n) is 10.0. The maximum atomic E-state index is 13.9. The predicted molar refractivity (Wildman–Crippen MR) is 118 cm³/mol. The molecule has 0 fully saturated rings. The number of amides is 1. The number of hydroxylamine groups is 1. The van der Waals surface area contributed by atoms with Crippen molar-refractivity contribution < 1.29 is 24.2 Å². The van der Waals surface area contributed by atoms with Gasteiger partial charge in [0, 0.05) is 0 Å². The first kappa shape index (κ1) is 22.3. The number of hydrogen-bond donors (Lipinski definition) is 4. The highest BCUT2D eigenvalue weighted by Gasteiger charge is 2.16. The van der Waals surface area contributed by atoms with Crippen LogP contribution in [0.15, 0.2) is 54.7 Å². The summed E-state index contributed by atoms with van der Waals surface area (Å²) in [6.45, 7) is 1.01. The standard InChI is InChI=1S/C22H21FN6O4/c1-13-8-15(29-20-5-3-2-4-18(20)26-28-29)10-24-21(13)25-19-9-14(23)6-7-17(19)22(32)27-33-12-16(31)11-30/h2-10,16,30-31H,11-12H2,1H3,(H,24,25)(H,27,32)/t16-/m1/s1. The monoisotopic (exact) mass is 452 g/mol. The summed E-state index contributed by atoms with van der Waals surface area (Å²) in [5.41, 5.74) is 5.43. The Kier molecular flexibility index (Phi) is 6.54. The summed E-state index contributed by atoms with van der Waals surface area (Å²) in [7, 11) is 0. The van der Waals surface area contributed by atoms with E-state index in [0.29, 0.717) is 11.5 Å². The molecule has 0 aliphatic rings. The third-order valence-corrected chi connectivity index (χ3v) is 4.79. The van der Waals surface area contributed by atoms with Crippen LogP contribution in [0.4, 0.5) is 15.9 Å². The fourth-order valence-electron chi connectivity index (χ4n) is 3.12. The molecule has 4 N–H and O–H groups in total. The molecule has 0 unspecified atom stereocenters. The van der Waals surface area contributed by atoms with Gasteiger partial charge >= 0.3 is 0 Å². The SMILES string of the molecule is Cc1cc(-n2nnc3ccccc32)cnc1Nc1cc(F)ccc1C(=O)NOC[C@H](O)CO. The van der Waals surface area contributed by atoms with Crippen LogP contribution in [-0.2, 0) is 4.84 Å². The molecule has 10 nitrogen and oxygen atoms in total. The van der Waals surface area contributed by atoms with Crippen molar-refractivity contribution >= 4 is 28.4 Å². The van der Waals surface area contributed by atoms with Crippen molar-refractivity contribution in [2.45, 2.75) is 13.0 Å². The van der Waals surface area contributed by atoms with Crippen LogP contribution < -0.4 is 10.8 Å². The normalized spacial score (nSPS) is 12.0. The summed E-state index contributed by atoms with van der Waals surface area (Å²) in [6.07, 6.45) is 0.457. The van der Waals surface area contributed by atoms with Gasteiger partial charge < -0.3 is 15.5 Å². The van der Waals surface area contributed by atoms with Crippen LogP contribution in [0.5, 0.6) is 0 Å². The van der Waals surface area contributed by atoms with Crippen molar-refractivity contribution in [2.75, 3.05) is 18.5 Å². The summed E-state index contributed by atoms with van der Waals surface area (Å²) in [5.74, 6) is -0.792. The van der Waals surface area contributed by atoms with Crippen molar-refractivity contribution in [3.8, 4) is 5.69 Å². The zero-order chi connectivity index (χ0) is 23.4. The number of rotatable bonds is 8. The van der Waals surface area contributed by atoms with Gasteiger partial charge in [0.2, 0.25) is 0 Å². The number of aryl methyl sites for hydroxylation is 1. The molecule has 0 aliphatic heterocycles. The molecule has 11 heteroatoms. The minimum Gasteiger partial charge on any atom is -0.394 e. The van der Waals surface area contributed by atoms with Gasteiger partial charge in [-0.25, -0.2) is 19.5 Å². The first-order chi connectivity index (χ1) is 16.0. The average Bonchev–Trinajstić information content (AvgIpc) is 3.24. The fourth-order valence-corrected chi connectivity index (χ4v) is 3.12. The van der Waals surface area contributed by atoms with Crippen molar-refractivity contribution in [2.24, 2.45) is 0 Å². The lowest BCUT2D eigenvalue weighted by Gasteiger charge is -2.15. The highest BCUT2D eigenvalue weighted by atomic mass is 19.1. The zero-order valence-corrected chi connectivity index (χ0v) is 17.6. The van der Waals surface area contributed by atoms with Crippen LogP contribution in [0.1, 0.15) is 15.9 Å². The number of anilines is 2. The second-order valence-corrected chi connectivity index (χ2v) is 7.24. The number of aliphatic hydroxyl groups is 2. The molecule has 1 amide bonds. The number of carbonyl (C=O) groups excluding carboxylic acids is 1. The molecule has 2 aromatic heterocycles. The maximum Gasteiger partial charge on any atom is 0.276 e. The number of halogens is 1. The number of fused-ring (bicyclic) bond motifs is 1. The van der Waals surface area contributed by atoms with Crippen LogP contribution in [-0.4, -0.2) is 55.4 Å². The number of para-hydroxylation sites is 1. The molecule has 33 heavy (non-hydrogen) atoms. The van der Waals surface area contributed by atoms with Crippen LogP contribution in [0.2, 0.25) is 0 Å². The van der Waals surface area contributed by atoms with E-state index in [-0.39, 0.29) is 17.9 Å². The Morgan fingerprint density at radius 2 is 2.06 bits per heavy atom. The number of aromatic nitrogens is 4. The van der Waals surface area contributed by atoms with E-state index in [2.05, 4.69) is 26.1 Å². The molecule has 0 spiro atoms. The summed E-state index contributed by atoms with van der Waals surface area (Å²) in [5, 5.41) is 29.4. The molecule has 2 aromatic carbocycles. The van der Waals surface area contributed by atoms with Gasteiger partial charge in [0.25, 0.3) is 5.91 Å². The van der Waals surface area contributed by atoms with Crippen LogP contribution in [0.3, 0.4) is 0 Å². The summed E-state index contributed by atoms with van der Waals surface area (Å²) in [6, 6.07) is 13.0. The van der Waals surface area contributed by atoms with E-state index in [0.717, 1.165) is 28.7 Å². The van der Waals surface area contributed by atoms with Crippen LogP contribution in [0.25, 0.3) is 16.7 Å². The van der Waals surface area contributed by atoms with Crippen molar-refractivity contribution in [1.29, 1.82) is 0 Å². The fraction of sp³-hybridized carbons (Fsp3) is 0.182. The number of hydrogen-bond acceptors (Lipinski definition) is 8. The third-order valence-electron chi connectivity index (χ3n) is 4.79. The Balaban J connectivity index is 1.56. The molecule has 170 valence electrons. The molecule has 2 heterocycles. The van der Waals surface area contributed by atoms with E-state index in [4.69, 9.17) is 9.94 Å². The molecule has 4 aromatic rings. The van der Waals surface area contributed by atoms with Gasteiger partial charge in [-0.3, -0.25) is 9.63 Å². The van der Waals surface area contributed by atoms with E-state index >= 15 is 0 Å². The second kappa shape index (κ2) is 9.69. The first-order valence-corrected chi connectivity index (χ1v) is 10.0. The molecule has 0 saturated carbocycles. The number of nitrogens with zero attached hydrogens (tertiary/aromatic N) is 4. The Morgan fingerprint density at radius 1 is 1.24 bits per heavy atom. The van der Waals surface area contributed by atoms with Crippen LogP contribution >= 0.6 is 0 Å². The quantitative estimate of drug-likeness (QED) is 0.298. The zero-order valence-electron chi connectivity index (χ0n) is 17.6. The van der Waals surface area contributed by atoms with Gasteiger partial charge in [-0.15, -0.1) is 5.10 Å². The summed E-state index contributed by atoms with van der Waals surface area (Å²) in [4.78, 5) is 21.8. The summed E-state index contributed by atoms with van der Waals surface area (Å²) < 4.78 is 15.6. The molecule has 0 aliphatic carbocycles. The van der Waals surface area contributed by atoms with Gasteiger partial charge in [0.15, 0.2) is 0 Å². The predicted octanol–water partition coefficient (Wildman–Crippen LogP) is 2.02. The van der Waals surface area contributed by atoms with E-state index in [1.807, 2.05) is 37.3 Å². The van der Waals surface area contributed by atoms with Crippen LogP contribution in [0, 0.1) is 12.7 Å².